The van der Waals surface area contributed by atoms with Gasteiger partial charge in [0, 0.05) is 25.0 Å². The van der Waals surface area contributed by atoms with E-state index in [9.17, 15) is 0 Å². The molecule has 5 N–H and O–H groups in total. The van der Waals surface area contributed by atoms with Crippen LogP contribution in [0.15, 0.2) is 42.5 Å². The Morgan fingerprint density at radius 1 is 1.00 bits per heavy atom. The maximum absolute atomic E-state index is 5.84. The molecule has 0 aliphatic carbocycles. The zero-order valence-electron chi connectivity index (χ0n) is 12.1. The molecule has 2 aromatic rings. The Kier molecular flexibility index (Phi) is 5.29. The molecule has 0 radical (unpaired) electrons. The molecular weight excluding hydrogens is 266 g/mol. The molecular formula is C16H21N3O2. The minimum atomic E-state index is 0.493. The summed E-state index contributed by atoms with van der Waals surface area (Å²) < 4.78 is 10.7. The lowest BCUT2D eigenvalue weighted by Crippen LogP contribution is -2.08. The number of benzene rings is 2. The highest BCUT2D eigenvalue weighted by Gasteiger charge is 2.05. The predicted octanol–water partition coefficient (Wildman–Crippen LogP) is 2.49. The van der Waals surface area contributed by atoms with E-state index in [1.807, 2.05) is 42.5 Å². The molecule has 0 spiro atoms. The molecule has 0 heterocycles. The zero-order valence-corrected chi connectivity index (χ0v) is 12.1. The molecule has 0 bridgehead atoms. The molecule has 0 atom stereocenters. The van der Waals surface area contributed by atoms with E-state index < -0.39 is 0 Å². The van der Waals surface area contributed by atoms with E-state index in [2.05, 4.69) is 5.32 Å². The van der Waals surface area contributed by atoms with E-state index in [0.29, 0.717) is 25.4 Å². The van der Waals surface area contributed by atoms with Crippen LogP contribution in [0.25, 0.3) is 0 Å². The topological polar surface area (TPSA) is 82.5 Å². The van der Waals surface area contributed by atoms with Crippen LogP contribution in [0.5, 0.6) is 5.75 Å². The number of rotatable bonds is 7. The average molecular weight is 287 g/mol. The fraction of sp³-hybridized carbons (Fsp3) is 0.250. The maximum atomic E-state index is 5.84. The molecule has 0 aliphatic rings. The second-order valence-corrected chi connectivity index (χ2v) is 4.70. The van der Waals surface area contributed by atoms with Crippen LogP contribution < -0.4 is 21.5 Å². The lowest BCUT2D eigenvalue weighted by molar-refractivity contribution is 0.146. The SMILES string of the molecule is COCCOc1ccc(N)cc1NCc1cccc(N)c1. The maximum Gasteiger partial charge on any atom is 0.142 e. The minimum absolute atomic E-state index is 0.493. The fourth-order valence-electron chi connectivity index (χ4n) is 1.95. The van der Waals surface area contributed by atoms with Gasteiger partial charge in [0.2, 0.25) is 0 Å². The second kappa shape index (κ2) is 7.40. The lowest BCUT2D eigenvalue weighted by Gasteiger charge is -2.14. The van der Waals surface area contributed by atoms with Crippen molar-refractivity contribution in [2.45, 2.75) is 6.54 Å². The Morgan fingerprint density at radius 2 is 1.81 bits per heavy atom. The zero-order chi connectivity index (χ0) is 15.1. The molecule has 0 unspecified atom stereocenters. The summed E-state index contributed by atoms with van der Waals surface area (Å²) in [6.07, 6.45) is 0. The normalized spacial score (nSPS) is 10.3. The van der Waals surface area contributed by atoms with Crippen molar-refractivity contribution in [1.29, 1.82) is 0 Å². The number of methoxy groups -OCH3 is 1. The number of ether oxygens (including phenoxy) is 2. The summed E-state index contributed by atoms with van der Waals surface area (Å²) in [5.41, 5.74) is 15.0. The molecule has 5 nitrogen and oxygen atoms in total. The van der Waals surface area contributed by atoms with Crippen LogP contribution in [0.3, 0.4) is 0 Å². The number of anilines is 3. The summed E-state index contributed by atoms with van der Waals surface area (Å²) in [7, 11) is 1.64. The molecule has 0 saturated heterocycles. The molecule has 0 saturated carbocycles. The third-order valence-electron chi connectivity index (χ3n) is 2.98. The monoisotopic (exact) mass is 287 g/mol. The Balaban J connectivity index is 2.05. The summed E-state index contributed by atoms with van der Waals surface area (Å²) in [4.78, 5) is 0. The first-order valence-corrected chi connectivity index (χ1v) is 6.78. The second-order valence-electron chi connectivity index (χ2n) is 4.70. The van der Waals surface area contributed by atoms with Gasteiger partial charge in [-0.2, -0.15) is 0 Å². The van der Waals surface area contributed by atoms with Gasteiger partial charge in [-0.3, -0.25) is 0 Å². The molecule has 112 valence electrons. The van der Waals surface area contributed by atoms with E-state index in [1.165, 1.54) is 0 Å². The molecule has 2 rings (SSSR count). The van der Waals surface area contributed by atoms with Crippen LogP contribution in [-0.4, -0.2) is 20.3 Å². The first-order valence-electron chi connectivity index (χ1n) is 6.78. The Bertz CT molecular complexity index is 587. The number of hydrogen-bond donors (Lipinski definition) is 3. The number of nitrogen functional groups attached to an aromatic ring is 2. The van der Waals surface area contributed by atoms with Crippen LogP contribution in [0, 0.1) is 0 Å². The summed E-state index contributed by atoms with van der Waals surface area (Å²) in [5.74, 6) is 0.755. The highest BCUT2D eigenvalue weighted by molar-refractivity contribution is 5.63. The van der Waals surface area contributed by atoms with E-state index >= 15 is 0 Å². The first-order chi connectivity index (χ1) is 10.2. The summed E-state index contributed by atoms with van der Waals surface area (Å²) in [5, 5.41) is 3.32. The number of nitrogens with one attached hydrogen (secondary N) is 1. The van der Waals surface area contributed by atoms with Gasteiger partial charge in [-0.25, -0.2) is 0 Å². The van der Waals surface area contributed by atoms with Gasteiger partial charge in [0.05, 0.1) is 12.3 Å². The van der Waals surface area contributed by atoms with Crippen molar-refractivity contribution in [3.05, 3.63) is 48.0 Å². The summed E-state index contributed by atoms with van der Waals surface area (Å²) in [6, 6.07) is 13.3. The Labute approximate surface area is 124 Å². The molecule has 0 fully saturated rings. The predicted molar refractivity (Wildman–Crippen MR) is 86.4 cm³/mol. The van der Waals surface area contributed by atoms with Crippen LogP contribution in [0.2, 0.25) is 0 Å². The van der Waals surface area contributed by atoms with Crippen molar-refractivity contribution in [2.75, 3.05) is 37.1 Å². The van der Waals surface area contributed by atoms with Gasteiger partial charge < -0.3 is 26.3 Å². The van der Waals surface area contributed by atoms with Gasteiger partial charge in [0.25, 0.3) is 0 Å². The van der Waals surface area contributed by atoms with Gasteiger partial charge in [-0.1, -0.05) is 12.1 Å². The van der Waals surface area contributed by atoms with Crippen molar-refractivity contribution in [3.63, 3.8) is 0 Å². The fourth-order valence-corrected chi connectivity index (χ4v) is 1.95. The van der Waals surface area contributed by atoms with Crippen molar-refractivity contribution in [2.24, 2.45) is 0 Å². The molecule has 0 amide bonds. The quantitative estimate of drug-likeness (QED) is 0.538. The highest BCUT2D eigenvalue weighted by atomic mass is 16.5. The molecule has 2 aromatic carbocycles. The van der Waals surface area contributed by atoms with Crippen molar-refractivity contribution >= 4 is 17.1 Å². The van der Waals surface area contributed by atoms with Gasteiger partial charge >= 0.3 is 0 Å². The van der Waals surface area contributed by atoms with Gasteiger partial charge in [-0.05, 0) is 35.9 Å². The van der Waals surface area contributed by atoms with Crippen LogP contribution >= 0.6 is 0 Å². The third kappa shape index (κ3) is 4.57. The smallest absolute Gasteiger partial charge is 0.142 e. The molecule has 0 aromatic heterocycles. The van der Waals surface area contributed by atoms with E-state index in [-0.39, 0.29) is 0 Å². The largest absolute Gasteiger partial charge is 0.489 e. The summed E-state index contributed by atoms with van der Waals surface area (Å²) in [6.45, 7) is 1.68. The standard InChI is InChI=1S/C16H21N3O2/c1-20-7-8-21-16-6-5-14(18)10-15(16)19-11-12-3-2-4-13(17)9-12/h2-6,9-10,19H,7-8,11,17-18H2,1H3. The third-order valence-corrected chi connectivity index (χ3v) is 2.98. The van der Waals surface area contributed by atoms with Crippen molar-refractivity contribution in [1.82, 2.24) is 0 Å². The number of nitrogens with two attached hydrogens (primary N) is 2. The molecule has 5 heteroatoms. The van der Waals surface area contributed by atoms with Gasteiger partial charge in [-0.15, -0.1) is 0 Å². The Hall–Kier alpha value is -2.40. The van der Waals surface area contributed by atoms with Crippen LogP contribution in [-0.2, 0) is 11.3 Å². The van der Waals surface area contributed by atoms with E-state index in [0.717, 1.165) is 22.7 Å². The first kappa shape index (κ1) is 15.0. The van der Waals surface area contributed by atoms with Crippen molar-refractivity contribution in [3.8, 4) is 5.75 Å². The van der Waals surface area contributed by atoms with E-state index in [4.69, 9.17) is 20.9 Å². The van der Waals surface area contributed by atoms with Crippen LogP contribution in [0.1, 0.15) is 5.56 Å². The van der Waals surface area contributed by atoms with Crippen molar-refractivity contribution < 1.29 is 9.47 Å². The number of hydrogen-bond acceptors (Lipinski definition) is 5. The Morgan fingerprint density at radius 3 is 2.57 bits per heavy atom. The average Bonchev–Trinajstić information content (AvgIpc) is 2.47. The van der Waals surface area contributed by atoms with Gasteiger partial charge in [0.1, 0.15) is 12.4 Å². The highest BCUT2D eigenvalue weighted by Crippen LogP contribution is 2.27. The lowest BCUT2D eigenvalue weighted by atomic mass is 10.2. The molecule has 21 heavy (non-hydrogen) atoms. The van der Waals surface area contributed by atoms with Crippen LogP contribution in [0.4, 0.5) is 17.1 Å². The molecule has 0 aliphatic heterocycles. The minimum Gasteiger partial charge on any atom is -0.489 e. The van der Waals surface area contributed by atoms with E-state index in [1.54, 1.807) is 7.11 Å². The van der Waals surface area contributed by atoms with Gasteiger partial charge in [0.15, 0.2) is 0 Å². The summed E-state index contributed by atoms with van der Waals surface area (Å²) >= 11 is 0.